The smallest absolute Gasteiger partial charge is 0.203 e. The van der Waals surface area contributed by atoms with Crippen LogP contribution in [0.2, 0.25) is 0 Å². The van der Waals surface area contributed by atoms with Crippen molar-refractivity contribution in [1.82, 2.24) is 0 Å². The summed E-state index contributed by atoms with van der Waals surface area (Å²) in [7, 11) is 1.63. The SMILES string of the molecule is COc1cc(C(=O)c2cccs2)ccc1-c1cccc(C)c1. The van der Waals surface area contributed by atoms with Crippen molar-refractivity contribution in [1.29, 1.82) is 0 Å². The second kappa shape index (κ2) is 6.16. The van der Waals surface area contributed by atoms with Crippen molar-refractivity contribution in [2.45, 2.75) is 6.92 Å². The Hall–Kier alpha value is -2.39. The molecule has 0 saturated carbocycles. The summed E-state index contributed by atoms with van der Waals surface area (Å²) in [4.78, 5) is 13.2. The van der Waals surface area contributed by atoms with Crippen molar-refractivity contribution in [2.75, 3.05) is 7.11 Å². The minimum atomic E-state index is 0.0316. The van der Waals surface area contributed by atoms with Crippen molar-refractivity contribution in [2.24, 2.45) is 0 Å². The zero-order chi connectivity index (χ0) is 15.5. The van der Waals surface area contributed by atoms with Gasteiger partial charge in [0.2, 0.25) is 5.78 Å². The normalized spacial score (nSPS) is 10.5. The summed E-state index contributed by atoms with van der Waals surface area (Å²) in [5.41, 5.74) is 3.93. The van der Waals surface area contributed by atoms with E-state index < -0.39 is 0 Å². The summed E-state index contributed by atoms with van der Waals surface area (Å²) >= 11 is 1.45. The Bertz CT molecular complexity index is 804. The Morgan fingerprint density at radius 2 is 1.91 bits per heavy atom. The minimum Gasteiger partial charge on any atom is -0.496 e. The van der Waals surface area contributed by atoms with Gasteiger partial charge in [0.1, 0.15) is 5.75 Å². The van der Waals surface area contributed by atoms with Gasteiger partial charge in [-0.3, -0.25) is 4.79 Å². The number of thiophene rings is 1. The summed E-state index contributed by atoms with van der Waals surface area (Å²) in [6, 6.07) is 17.6. The van der Waals surface area contributed by atoms with Crippen LogP contribution in [-0.4, -0.2) is 12.9 Å². The van der Waals surface area contributed by atoms with Crippen LogP contribution < -0.4 is 4.74 Å². The highest BCUT2D eigenvalue weighted by Gasteiger charge is 2.14. The number of hydrogen-bond donors (Lipinski definition) is 0. The molecule has 3 rings (SSSR count). The van der Waals surface area contributed by atoms with Gasteiger partial charge in [-0.15, -0.1) is 11.3 Å². The molecule has 0 N–H and O–H groups in total. The standard InChI is InChI=1S/C19H16O2S/c1-13-5-3-6-14(11-13)16-9-8-15(12-17(16)21-2)19(20)18-7-4-10-22-18/h3-12H,1-2H3. The molecule has 0 aliphatic rings. The van der Waals surface area contributed by atoms with E-state index in [2.05, 4.69) is 19.1 Å². The van der Waals surface area contributed by atoms with E-state index in [4.69, 9.17) is 4.74 Å². The van der Waals surface area contributed by atoms with Crippen molar-refractivity contribution < 1.29 is 9.53 Å². The second-order valence-electron chi connectivity index (χ2n) is 5.09. The Morgan fingerprint density at radius 1 is 1.05 bits per heavy atom. The monoisotopic (exact) mass is 308 g/mol. The molecular weight excluding hydrogens is 292 g/mol. The summed E-state index contributed by atoms with van der Waals surface area (Å²) in [5, 5.41) is 1.91. The predicted octanol–water partition coefficient (Wildman–Crippen LogP) is 4.96. The van der Waals surface area contributed by atoms with E-state index in [1.165, 1.54) is 16.9 Å². The number of ether oxygens (including phenoxy) is 1. The number of aryl methyl sites for hydroxylation is 1. The van der Waals surface area contributed by atoms with Gasteiger partial charge in [-0.1, -0.05) is 42.0 Å². The average Bonchev–Trinajstić information content (AvgIpc) is 3.08. The molecule has 3 heteroatoms. The maximum Gasteiger partial charge on any atom is 0.203 e. The first kappa shape index (κ1) is 14.5. The molecule has 0 aliphatic heterocycles. The maximum absolute atomic E-state index is 12.4. The van der Waals surface area contributed by atoms with Crippen molar-refractivity contribution in [3.8, 4) is 16.9 Å². The van der Waals surface area contributed by atoms with Crippen LogP contribution in [0, 0.1) is 6.92 Å². The average molecular weight is 308 g/mol. The molecule has 0 unspecified atom stereocenters. The lowest BCUT2D eigenvalue weighted by Crippen LogP contribution is -2.00. The van der Waals surface area contributed by atoms with Gasteiger partial charge < -0.3 is 4.74 Å². The number of rotatable bonds is 4. The number of methoxy groups -OCH3 is 1. The molecule has 0 spiro atoms. The van der Waals surface area contributed by atoms with Crippen molar-refractivity contribution >= 4 is 17.1 Å². The second-order valence-corrected chi connectivity index (χ2v) is 6.04. The van der Waals surface area contributed by atoms with E-state index in [0.717, 1.165) is 16.0 Å². The van der Waals surface area contributed by atoms with E-state index in [1.807, 2.05) is 47.8 Å². The third-order valence-electron chi connectivity index (χ3n) is 3.54. The minimum absolute atomic E-state index is 0.0316. The fourth-order valence-electron chi connectivity index (χ4n) is 2.43. The lowest BCUT2D eigenvalue weighted by atomic mass is 9.99. The number of carbonyl (C=O) groups excluding carboxylic acids is 1. The first-order valence-electron chi connectivity index (χ1n) is 7.02. The molecule has 0 amide bonds. The highest BCUT2D eigenvalue weighted by atomic mass is 32.1. The zero-order valence-corrected chi connectivity index (χ0v) is 13.3. The fourth-order valence-corrected chi connectivity index (χ4v) is 3.12. The van der Waals surface area contributed by atoms with Crippen LogP contribution in [0.25, 0.3) is 11.1 Å². The molecule has 22 heavy (non-hydrogen) atoms. The van der Waals surface area contributed by atoms with E-state index in [0.29, 0.717) is 11.3 Å². The van der Waals surface area contributed by atoms with Gasteiger partial charge >= 0.3 is 0 Å². The predicted molar refractivity (Wildman–Crippen MR) is 90.9 cm³/mol. The molecule has 0 saturated heterocycles. The molecule has 0 radical (unpaired) electrons. The Morgan fingerprint density at radius 3 is 2.59 bits per heavy atom. The molecule has 0 aliphatic carbocycles. The highest BCUT2D eigenvalue weighted by Crippen LogP contribution is 2.32. The molecule has 3 aromatic rings. The largest absolute Gasteiger partial charge is 0.496 e. The lowest BCUT2D eigenvalue weighted by Gasteiger charge is -2.11. The molecule has 0 bridgehead atoms. The van der Waals surface area contributed by atoms with Crippen LogP contribution in [0.3, 0.4) is 0 Å². The fraction of sp³-hybridized carbons (Fsp3) is 0.105. The maximum atomic E-state index is 12.4. The molecule has 1 heterocycles. The third kappa shape index (κ3) is 2.81. The third-order valence-corrected chi connectivity index (χ3v) is 4.41. The van der Waals surface area contributed by atoms with Crippen LogP contribution in [0.4, 0.5) is 0 Å². The molecule has 110 valence electrons. The lowest BCUT2D eigenvalue weighted by molar-refractivity contribution is 0.104. The van der Waals surface area contributed by atoms with Crippen LogP contribution >= 0.6 is 11.3 Å². The van der Waals surface area contributed by atoms with Gasteiger partial charge in [0.15, 0.2) is 0 Å². The van der Waals surface area contributed by atoms with Crippen LogP contribution in [0.15, 0.2) is 60.0 Å². The van der Waals surface area contributed by atoms with Gasteiger partial charge in [0, 0.05) is 11.1 Å². The van der Waals surface area contributed by atoms with E-state index in [1.54, 1.807) is 7.11 Å². The topological polar surface area (TPSA) is 26.3 Å². The van der Waals surface area contributed by atoms with Crippen LogP contribution in [-0.2, 0) is 0 Å². The summed E-state index contributed by atoms with van der Waals surface area (Å²) < 4.78 is 5.50. The zero-order valence-electron chi connectivity index (χ0n) is 12.5. The Kier molecular flexibility index (Phi) is 4.07. The molecule has 0 atom stereocenters. The molecule has 0 fully saturated rings. The Balaban J connectivity index is 2.03. The van der Waals surface area contributed by atoms with E-state index in [-0.39, 0.29) is 5.78 Å². The molecule has 1 aromatic heterocycles. The van der Waals surface area contributed by atoms with Gasteiger partial charge in [0.25, 0.3) is 0 Å². The number of benzene rings is 2. The Labute approximate surface area is 134 Å². The number of ketones is 1. The molecular formula is C19H16O2S. The highest BCUT2D eigenvalue weighted by molar-refractivity contribution is 7.12. The quantitative estimate of drug-likeness (QED) is 0.637. The molecule has 2 nitrogen and oxygen atoms in total. The van der Waals surface area contributed by atoms with Crippen LogP contribution in [0.5, 0.6) is 5.75 Å². The number of carbonyl (C=O) groups is 1. The van der Waals surface area contributed by atoms with E-state index in [9.17, 15) is 4.79 Å². The van der Waals surface area contributed by atoms with Crippen LogP contribution in [0.1, 0.15) is 20.8 Å². The van der Waals surface area contributed by atoms with Gasteiger partial charge in [-0.2, -0.15) is 0 Å². The summed E-state index contributed by atoms with van der Waals surface area (Å²) in [5.74, 6) is 0.747. The van der Waals surface area contributed by atoms with Gasteiger partial charge in [-0.05, 0) is 36.1 Å². The summed E-state index contributed by atoms with van der Waals surface area (Å²) in [6.07, 6.45) is 0. The van der Waals surface area contributed by atoms with Gasteiger partial charge in [-0.25, -0.2) is 0 Å². The van der Waals surface area contributed by atoms with Crippen molar-refractivity contribution in [3.63, 3.8) is 0 Å². The van der Waals surface area contributed by atoms with Crippen molar-refractivity contribution in [3.05, 3.63) is 76.0 Å². The number of hydrogen-bond acceptors (Lipinski definition) is 3. The first-order valence-corrected chi connectivity index (χ1v) is 7.90. The first-order chi connectivity index (χ1) is 10.7. The summed E-state index contributed by atoms with van der Waals surface area (Å²) in [6.45, 7) is 2.06. The van der Waals surface area contributed by atoms with E-state index >= 15 is 0 Å². The van der Waals surface area contributed by atoms with Gasteiger partial charge in [0.05, 0.1) is 12.0 Å². The molecule has 2 aromatic carbocycles.